The molecule has 0 unspecified atom stereocenters. The molecule has 1 saturated carbocycles. The summed E-state index contributed by atoms with van der Waals surface area (Å²) in [5, 5.41) is 15.3. The molecule has 2 aromatic carbocycles. The van der Waals surface area contributed by atoms with E-state index in [0.29, 0.717) is 18.9 Å². The van der Waals surface area contributed by atoms with Crippen molar-refractivity contribution < 1.29 is 19.4 Å². The molecule has 4 aliphatic rings. The molecule has 0 saturated heterocycles. The fraction of sp³-hybridized carbons (Fsp3) is 0.342. The number of carboxylic acids is 1. The normalized spacial score (nSPS) is 19.9. The first kappa shape index (κ1) is 35.0. The molecule has 47 heavy (non-hydrogen) atoms. The second-order valence-corrected chi connectivity index (χ2v) is 11.7. The number of carboxylic acid groups (broad SMARTS) is 1. The van der Waals surface area contributed by atoms with Crippen LogP contribution in [0.2, 0.25) is 0 Å². The van der Waals surface area contributed by atoms with E-state index in [9.17, 15) is 9.59 Å². The summed E-state index contributed by atoms with van der Waals surface area (Å²) in [6.45, 7) is 6.36. The van der Waals surface area contributed by atoms with Crippen LogP contribution in [0, 0.1) is 5.92 Å². The molecule has 1 fully saturated rings. The van der Waals surface area contributed by atoms with Gasteiger partial charge in [0.1, 0.15) is 24.7 Å². The summed E-state index contributed by atoms with van der Waals surface area (Å²) in [5.41, 5.74) is 11.2. The lowest BCUT2D eigenvalue weighted by molar-refractivity contribution is -0.136. The number of hydrazine groups is 1. The molecule has 0 bridgehead atoms. The molecule has 3 aliphatic heterocycles. The van der Waals surface area contributed by atoms with E-state index < -0.39 is 5.97 Å². The van der Waals surface area contributed by atoms with Gasteiger partial charge in [0.15, 0.2) is 0 Å². The van der Waals surface area contributed by atoms with Crippen molar-refractivity contribution in [1.29, 1.82) is 0 Å². The smallest absolute Gasteiger partial charge is 0.322 e. The Morgan fingerprint density at radius 3 is 2.49 bits per heavy atom. The van der Waals surface area contributed by atoms with E-state index in [1.165, 1.54) is 65.8 Å². The van der Waals surface area contributed by atoms with Gasteiger partial charge in [-0.1, -0.05) is 92.1 Å². The number of hydrogen-bond donors (Lipinski definition) is 4. The van der Waals surface area contributed by atoms with E-state index in [2.05, 4.69) is 103 Å². The second kappa shape index (κ2) is 18.9. The Labute approximate surface area is 278 Å². The predicted molar refractivity (Wildman–Crippen MR) is 188 cm³/mol. The standard InChI is InChI=1S/C26H29N3O.C9H13N.C3H5NO3/c1-19-16-28-29-25(22-10-6-3-7-11-22)24(17-27-26(19)29)21-12-14-23(15-13-21)30-18-20-8-4-2-5-9-20;1-9-7-5-3-2-4-6-8-10-9;5-2-4-1-3(6)7/h2,4-5,8-9,12-15,17,22,28H,3,6-7,10-11,16,18H2,1H3;2-4,6-7,10H,5,8H2,1H3;2H,1H2,(H,4,5)(H,6,7)/b;3-2-,6-4-,9-7-;. The van der Waals surface area contributed by atoms with Crippen LogP contribution < -0.4 is 20.8 Å². The number of amides is 1. The SMILES string of the molecule is C/C1=C/C/C=C\C=C/CN1.CC1=C2N=CC(c3ccc(OCc4ccccc4)cc3)=C(C3CCCCC3)N2NC1.O=CNCC(=O)O. The number of ether oxygens (including phenoxy) is 1. The molecule has 248 valence electrons. The molecular formula is C38H47N5O4. The summed E-state index contributed by atoms with van der Waals surface area (Å²) in [6, 6.07) is 18.8. The molecule has 0 spiro atoms. The van der Waals surface area contributed by atoms with Gasteiger partial charge in [0.2, 0.25) is 6.41 Å². The number of aliphatic imine (C=N–C) groups is 1. The van der Waals surface area contributed by atoms with E-state index in [4.69, 9.17) is 14.8 Å². The highest BCUT2D eigenvalue weighted by Gasteiger charge is 2.33. The van der Waals surface area contributed by atoms with Gasteiger partial charge in [0.05, 0.1) is 0 Å². The summed E-state index contributed by atoms with van der Waals surface area (Å²) in [7, 11) is 0. The Hall–Kier alpha value is -4.89. The first-order valence-corrected chi connectivity index (χ1v) is 16.4. The average molecular weight is 638 g/mol. The number of carbonyl (C=O) groups is 2. The minimum absolute atomic E-state index is 0.302. The molecule has 1 amide bonds. The van der Waals surface area contributed by atoms with Crippen LogP contribution in [-0.2, 0) is 16.2 Å². The van der Waals surface area contributed by atoms with Crippen molar-refractivity contribution in [3.8, 4) is 5.75 Å². The average Bonchev–Trinajstić information content (AvgIpc) is 3.54. The Bertz CT molecular complexity index is 1500. The van der Waals surface area contributed by atoms with Gasteiger partial charge >= 0.3 is 5.97 Å². The summed E-state index contributed by atoms with van der Waals surface area (Å²) >= 11 is 0. The number of rotatable bonds is 8. The number of nitrogens with zero attached hydrogens (tertiary/aromatic N) is 2. The highest BCUT2D eigenvalue weighted by atomic mass is 16.5. The Morgan fingerprint density at radius 2 is 1.79 bits per heavy atom. The lowest BCUT2D eigenvalue weighted by atomic mass is 9.83. The van der Waals surface area contributed by atoms with Crippen molar-refractivity contribution in [2.45, 2.75) is 59.0 Å². The van der Waals surface area contributed by atoms with Crippen molar-refractivity contribution in [3.05, 3.63) is 119 Å². The maximum Gasteiger partial charge on any atom is 0.322 e. The first-order valence-electron chi connectivity index (χ1n) is 16.4. The van der Waals surface area contributed by atoms with Crippen LogP contribution in [0.5, 0.6) is 5.75 Å². The zero-order valence-corrected chi connectivity index (χ0v) is 27.5. The molecule has 9 nitrogen and oxygen atoms in total. The van der Waals surface area contributed by atoms with Gasteiger partial charge < -0.3 is 20.5 Å². The van der Waals surface area contributed by atoms with Crippen molar-refractivity contribution in [2.75, 3.05) is 19.6 Å². The number of nitrogens with one attached hydrogen (secondary N) is 3. The van der Waals surface area contributed by atoms with Crippen LogP contribution in [0.15, 0.2) is 113 Å². The quantitative estimate of drug-likeness (QED) is 0.244. The molecule has 0 aromatic heterocycles. The van der Waals surface area contributed by atoms with Gasteiger partial charge in [0.25, 0.3) is 0 Å². The predicted octanol–water partition coefficient (Wildman–Crippen LogP) is 6.51. The first-order chi connectivity index (χ1) is 23.0. The summed E-state index contributed by atoms with van der Waals surface area (Å²) in [5.74, 6) is 1.53. The summed E-state index contributed by atoms with van der Waals surface area (Å²) in [6.07, 6.45) is 20.5. The monoisotopic (exact) mass is 637 g/mol. The van der Waals surface area contributed by atoms with E-state index in [1.807, 2.05) is 23.5 Å². The van der Waals surface area contributed by atoms with Gasteiger partial charge in [-0.15, -0.1) is 0 Å². The number of benzene rings is 2. The number of carbonyl (C=O) groups excluding carboxylic acids is 1. The van der Waals surface area contributed by atoms with Gasteiger partial charge in [-0.05, 0) is 61.9 Å². The van der Waals surface area contributed by atoms with E-state index in [-0.39, 0.29) is 6.54 Å². The zero-order valence-electron chi connectivity index (χ0n) is 27.5. The maximum absolute atomic E-state index is 9.54. The van der Waals surface area contributed by atoms with Crippen LogP contribution >= 0.6 is 0 Å². The topological polar surface area (TPSA) is 115 Å². The minimum atomic E-state index is -1.04. The highest BCUT2D eigenvalue weighted by molar-refractivity contribution is 6.12. The second-order valence-electron chi connectivity index (χ2n) is 11.7. The summed E-state index contributed by atoms with van der Waals surface area (Å²) in [4.78, 5) is 23.7. The van der Waals surface area contributed by atoms with E-state index in [1.54, 1.807) is 0 Å². The number of allylic oxidation sites excluding steroid dienone is 7. The van der Waals surface area contributed by atoms with Crippen LogP contribution in [0.1, 0.15) is 63.5 Å². The van der Waals surface area contributed by atoms with E-state index in [0.717, 1.165) is 31.1 Å². The van der Waals surface area contributed by atoms with Gasteiger partial charge in [-0.3, -0.25) is 14.6 Å². The minimum Gasteiger partial charge on any atom is -0.489 e. The van der Waals surface area contributed by atoms with Crippen molar-refractivity contribution in [3.63, 3.8) is 0 Å². The number of hydrogen-bond acceptors (Lipinski definition) is 7. The zero-order chi connectivity index (χ0) is 33.3. The van der Waals surface area contributed by atoms with Gasteiger partial charge in [0, 0.05) is 42.2 Å². The fourth-order valence-corrected chi connectivity index (χ4v) is 5.66. The van der Waals surface area contributed by atoms with Crippen LogP contribution in [-0.4, -0.2) is 48.3 Å². The third-order valence-corrected chi connectivity index (χ3v) is 8.11. The van der Waals surface area contributed by atoms with Crippen molar-refractivity contribution in [1.82, 2.24) is 21.1 Å². The third-order valence-electron chi connectivity index (χ3n) is 8.11. The Balaban J connectivity index is 0.000000242. The molecule has 4 N–H and O–H groups in total. The van der Waals surface area contributed by atoms with Crippen molar-refractivity contribution in [2.24, 2.45) is 10.9 Å². The van der Waals surface area contributed by atoms with Gasteiger partial charge in [-0.25, -0.2) is 10.4 Å². The molecule has 9 heteroatoms. The van der Waals surface area contributed by atoms with Gasteiger partial charge in [-0.2, -0.15) is 0 Å². The third kappa shape index (κ3) is 11.1. The Morgan fingerprint density at radius 1 is 1.04 bits per heavy atom. The molecule has 1 aliphatic carbocycles. The lowest BCUT2D eigenvalue weighted by Gasteiger charge is -2.35. The van der Waals surface area contributed by atoms with Crippen LogP contribution in [0.25, 0.3) is 5.57 Å². The largest absolute Gasteiger partial charge is 0.489 e. The molecular weight excluding hydrogens is 590 g/mol. The fourth-order valence-electron chi connectivity index (χ4n) is 5.66. The summed E-state index contributed by atoms with van der Waals surface area (Å²) < 4.78 is 5.98. The molecule has 0 radical (unpaired) electrons. The molecule has 3 heterocycles. The van der Waals surface area contributed by atoms with Crippen molar-refractivity contribution >= 4 is 24.2 Å². The molecule has 0 atom stereocenters. The number of fused-ring (bicyclic) bond motifs is 1. The highest BCUT2D eigenvalue weighted by Crippen LogP contribution is 2.40. The van der Waals surface area contributed by atoms with Crippen LogP contribution in [0.3, 0.4) is 0 Å². The van der Waals surface area contributed by atoms with Crippen LogP contribution in [0.4, 0.5) is 0 Å². The van der Waals surface area contributed by atoms with E-state index >= 15 is 0 Å². The molecule has 6 rings (SSSR count). The number of aliphatic carboxylic acids is 1. The molecule has 2 aromatic rings. The lowest BCUT2D eigenvalue weighted by Crippen LogP contribution is -2.37. The Kier molecular flexibility index (Phi) is 14.1. The maximum atomic E-state index is 9.54.